The zero-order valence-electron chi connectivity index (χ0n) is 9.77. The standard InChI is InChI=1S/C12H22N2O2/c1-2-5-11(13)12(16)14-8-3-6-10(14)7-4-9-15/h2,10-11,15H,1,3-9,13H2. The minimum atomic E-state index is -0.452. The molecular formula is C12H22N2O2. The number of aliphatic hydroxyl groups excluding tert-OH is 1. The van der Waals surface area contributed by atoms with Crippen molar-refractivity contribution in [3.63, 3.8) is 0 Å². The highest BCUT2D eigenvalue weighted by molar-refractivity contribution is 5.82. The monoisotopic (exact) mass is 226 g/mol. The van der Waals surface area contributed by atoms with Crippen LogP contribution in [0.5, 0.6) is 0 Å². The van der Waals surface area contributed by atoms with Crippen molar-refractivity contribution in [2.45, 2.75) is 44.2 Å². The van der Waals surface area contributed by atoms with Gasteiger partial charge < -0.3 is 15.7 Å². The molecular weight excluding hydrogens is 204 g/mol. The summed E-state index contributed by atoms with van der Waals surface area (Å²) in [6.07, 6.45) is 5.92. The van der Waals surface area contributed by atoms with E-state index in [0.29, 0.717) is 6.42 Å². The molecule has 0 aromatic rings. The molecule has 4 heteroatoms. The van der Waals surface area contributed by atoms with E-state index in [2.05, 4.69) is 6.58 Å². The van der Waals surface area contributed by atoms with Gasteiger partial charge in [-0.15, -0.1) is 6.58 Å². The van der Waals surface area contributed by atoms with Crippen LogP contribution in [-0.2, 0) is 4.79 Å². The number of aliphatic hydroxyl groups is 1. The second kappa shape index (κ2) is 6.66. The Morgan fingerprint density at radius 3 is 3.06 bits per heavy atom. The Morgan fingerprint density at radius 1 is 1.69 bits per heavy atom. The van der Waals surface area contributed by atoms with E-state index in [-0.39, 0.29) is 18.6 Å². The van der Waals surface area contributed by atoms with E-state index < -0.39 is 6.04 Å². The molecule has 1 aliphatic rings. The summed E-state index contributed by atoms with van der Waals surface area (Å²) in [6, 6.07) is -0.178. The van der Waals surface area contributed by atoms with Gasteiger partial charge in [-0.3, -0.25) is 4.79 Å². The Bertz CT molecular complexity index is 243. The fourth-order valence-corrected chi connectivity index (χ4v) is 2.25. The molecule has 4 nitrogen and oxygen atoms in total. The summed E-state index contributed by atoms with van der Waals surface area (Å²) < 4.78 is 0. The number of rotatable bonds is 6. The minimum absolute atomic E-state index is 0.0281. The first-order chi connectivity index (χ1) is 7.70. The second-order valence-corrected chi connectivity index (χ2v) is 4.32. The van der Waals surface area contributed by atoms with Gasteiger partial charge in [-0.1, -0.05) is 6.08 Å². The van der Waals surface area contributed by atoms with Gasteiger partial charge in [0.25, 0.3) is 0 Å². The van der Waals surface area contributed by atoms with Crippen molar-refractivity contribution >= 4 is 5.91 Å². The molecule has 1 aliphatic heterocycles. The predicted molar refractivity (Wildman–Crippen MR) is 63.8 cm³/mol. The third kappa shape index (κ3) is 3.32. The summed E-state index contributed by atoms with van der Waals surface area (Å²) in [6.45, 7) is 4.59. The molecule has 1 fully saturated rings. The average molecular weight is 226 g/mol. The van der Waals surface area contributed by atoms with Crippen LogP contribution in [0.25, 0.3) is 0 Å². The Labute approximate surface area is 97.1 Å². The maximum atomic E-state index is 12.0. The largest absolute Gasteiger partial charge is 0.396 e. The lowest BCUT2D eigenvalue weighted by Gasteiger charge is -2.27. The van der Waals surface area contributed by atoms with Gasteiger partial charge in [-0.05, 0) is 32.1 Å². The number of nitrogens with zero attached hydrogens (tertiary/aromatic N) is 1. The lowest BCUT2D eigenvalue weighted by molar-refractivity contribution is -0.133. The van der Waals surface area contributed by atoms with E-state index in [1.807, 2.05) is 4.90 Å². The molecule has 1 saturated heterocycles. The summed E-state index contributed by atoms with van der Waals surface area (Å²) in [5, 5.41) is 8.80. The first-order valence-electron chi connectivity index (χ1n) is 5.98. The number of hydrogen-bond acceptors (Lipinski definition) is 3. The van der Waals surface area contributed by atoms with Crippen LogP contribution in [0.1, 0.15) is 32.1 Å². The summed E-state index contributed by atoms with van der Waals surface area (Å²) in [4.78, 5) is 13.9. The van der Waals surface area contributed by atoms with Gasteiger partial charge in [0, 0.05) is 19.2 Å². The summed E-state index contributed by atoms with van der Waals surface area (Å²) in [5.41, 5.74) is 5.79. The van der Waals surface area contributed by atoms with Crippen molar-refractivity contribution in [3.05, 3.63) is 12.7 Å². The highest BCUT2D eigenvalue weighted by atomic mass is 16.3. The van der Waals surface area contributed by atoms with E-state index in [1.54, 1.807) is 6.08 Å². The Hall–Kier alpha value is -0.870. The summed E-state index contributed by atoms with van der Waals surface area (Å²) >= 11 is 0. The molecule has 0 saturated carbocycles. The first kappa shape index (κ1) is 13.2. The van der Waals surface area contributed by atoms with Gasteiger partial charge in [0.1, 0.15) is 0 Å². The van der Waals surface area contributed by atoms with Crippen LogP contribution in [0.15, 0.2) is 12.7 Å². The third-order valence-electron chi connectivity index (χ3n) is 3.09. The molecule has 2 unspecified atom stereocenters. The zero-order chi connectivity index (χ0) is 12.0. The lowest BCUT2D eigenvalue weighted by atomic mass is 10.1. The number of carbonyl (C=O) groups excluding carboxylic acids is 1. The van der Waals surface area contributed by atoms with Gasteiger partial charge in [0.2, 0.25) is 5.91 Å². The molecule has 0 aromatic carbocycles. The van der Waals surface area contributed by atoms with Crippen molar-refractivity contribution in [1.29, 1.82) is 0 Å². The molecule has 3 N–H and O–H groups in total. The van der Waals surface area contributed by atoms with Crippen molar-refractivity contribution in [2.24, 2.45) is 5.73 Å². The minimum Gasteiger partial charge on any atom is -0.396 e. The molecule has 0 spiro atoms. The van der Waals surface area contributed by atoms with Crippen LogP contribution in [0.2, 0.25) is 0 Å². The van der Waals surface area contributed by atoms with Gasteiger partial charge in [-0.25, -0.2) is 0 Å². The van der Waals surface area contributed by atoms with E-state index in [1.165, 1.54) is 0 Å². The molecule has 1 heterocycles. The quantitative estimate of drug-likeness (QED) is 0.654. The zero-order valence-corrected chi connectivity index (χ0v) is 9.77. The molecule has 1 rings (SSSR count). The van der Waals surface area contributed by atoms with Crippen LogP contribution in [0.3, 0.4) is 0 Å². The average Bonchev–Trinajstić information content (AvgIpc) is 2.73. The van der Waals surface area contributed by atoms with E-state index >= 15 is 0 Å². The van der Waals surface area contributed by atoms with Crippen molar-refractivity contribution in [1.82, 2.24) is 4.90 Å². The van der Waals surface area contributed by atoms with Crippen LogP contribution in [0, 0.1) is 0 Å². The molecule has 16 heavy (non-hydrogen) atoms. The van der Waals surface area contributed by atoms with Crippen molar-refractivity contribution < 1.29 is 9.90 Å². The van der Waals surface area contributed by atoms with Gasteiger partial charge >= 0.3 is 0 Å². The van der Waals surface area contributed by atoms with Crippen LogP contribution < -0.4 is 5.73 Å². The number of nitrogens with two attached hydrogens (primary N) is 1. The number of likely N-dealkylation sites (tertiary alicyclic amines) is 1. The number of amides is 1. The van der Waals surface area contributed by atoms with Crippen LogP contribution in [0.4, 0.5) is 0 Å². The molecule has 0 aliphatic carbocycles. The molecule has 0 radical (unpaired) electrons. The smallest absolute Gasteiger partial charge is 0.240 e. The highest BCUT2D eigenvalue weighted by Crippen LogP contribution is 2.22. The third-order valence-corrected chi connectivity index (χ3v) is 3.09. The Kier molecular flexibility index (Phi) is 5.49. The molecule has 2 atom stereocenters. The predicted octanol–water partition coefficient (Wildman–Crippen LogP) is 0.653. The number of carbonyl (C=O) groups is 1. The summed E-state index contributed by atoms with van der Waals surface area (Å²) in [5.74, 6) is 0.0281. The molecule has 0 bridgehead atoms. The Morgan fingerprint density at radius 2 is 2.44 bits per heavy atom. The maximum Gasteiger partial charge on any atom is 0.240 e. The van der Waals surface area contributed by atoms with Crippen LogP contribution in [-0.4, -0.2) is 41.1 Å². The van der Waals surface area contributed by atoms with Crippen molar-refractivity contribution in [2.75, 3.05) is 13.2 Å². The van der Waals surface area contributed by atoms with Gasteiger partial charge in [0.15, 0.2) is 0 Å². The first-order valence-corrected chi connectivity index (χ1v) is 5.98. The number of hydrogen-bond donors (Lipinski definition) is 2. The van der Waals surface area contributed by atoms with Gasteiger partial charge in [0.05, 0.1) is 6.04 Å². The van der Waals surface area contributed by atoms with Crippen molar-refractivity contribution in [3.8, 4) is 0 Å². The molecule has 0 aromatic heterocycles. The lowest BCUT2D eigenvalue weighted by Crippen LogP contribution is -2.45. The SMILES string of the molecule is C=CCC(N)C(=O)N1CCCC1CCCO. The van der Waals surface area contributed by atoms with E-state index in [0.717, 1.165) is 32.2 Å². The van der Waals surface area contributed by atoms with E-state index in [4.69, 9.17) is 10.8 Å². The summed E-state index contributed by atoms with van der Waals surface area (Å²) in [7, 11) is 0. The van der Waals surface area contributed by atoms with Gasteiger partial charge in [-0.2, -0.15) is 0 Å². The maximum absolute atomic E-state index is 12.0. The molecule has 1 amide bonds. The normalized spacial score (nSPS) is 22.1. The van der Waals surface area contributed by atoms with E-state index in [9.17, 15) is 4.79 Å². The fraction of sp³-hybridized carbons (Fsp3) is 0.750. The topological polar surface area (TPSA) is 66.6 Å². The highest BCUT2D eigenvalue weighted by Gasteiger charge is 2.30. The van der Waals surface area contributed by atoms with Crippen LogP contribution >= 0.6 is 0 Å². The molecule has 92 valence electrons. The Balaban J connectivity index is 2.49. The fourth-order valence-electron chi connectivity index (χ4n) is 2.25. The second-order valence-electron chi connectivity index (χ2n) is 4.32.